The molecule has 1 heterocycles. The topological polar surface area (TPSA) is 49.9 Å². The zero-order chi connectivity index (χ0) is 13.1. The Morgan fingerprint density at radius 2 is 1.82 bits per heavy atom. The molecule has 0 radical (unpaired) electrons. The van der Waals surface area contributed by atoms with Gasteiger partial charge in [-0.1, -0.05) is 0 Å². The molecule has 0 saturated carbocycles. The average Bonchev–Trinajstić information content (AvgIpc) is 2.25. The van der Waals surface area contributed by atoms with Crippen molar-refractivity contribution in [3.8, 4) is 0 Å². The lowest BCUT2D eigenvalue weighted by molar-refractivity contribution is -0.0485. The monoisotopic (exact) mass is 276 g/mol. The van der Waals surface area contributed by atoms with Crippen LogP contribution in [0.2, 0.25) is 0 Å². The van der Waals surface area contributed by atoms with Crippen molar-refractivity contribution in [1.82, 2.24) is 9.21 Å². The Bertz CT molecular complexity index is 338. The smallest absolute Gasteiger partial charge is 0.379 e. The van der Waals surface area contributed by atoms with E-state index >= 15 is 0 Å². The second-order valence-electron chi connectivity index (χ2n) is 3.73. The van der Waals surface area contributed by atoms with Crippen molar-refractivity contribution in [3.05, 3.63) is 0 Å². The maximum Gasteiger partial charge on any atom is 0.511 e. The van der Waals surface area contributed by atoms with Gasteiger partial charge in [0.25, 0.3) is 0 Å². The van der Waals surface area contributed by atoms with Crippen molar-refractivity contribution in [3.63, 3.8) is 0 Å². The van der Waals surface area contributed by atoms with Gasteiger partial charge in [-0.3, -0.25) is 4.90 Å². The highest BCUT2D eigenvalue weighted by atomic mass is 32.2. The minimum atomic E-state index is -5.23. The van der Waals surface area contributed by atoms with Gasteiger partial charge in [0.15, 0.2) is 0 Å². The normalized spacial score (nSPS) is 19.8. The SMILES string of the molecule is CN(CCN1CCOCC1)S(=O)(=O)C(F)(F)F. The minimum absolute atomic E-state index is 0.179. The molecule has 0 aromatic carbocycles. The van der Waals surface area contributed by atoms with Crippen molar-refractivity contribution in [2.45, 2.75) is 5.51 Å². The summed E-state index contributed by atoms with van der Waals surface area (Å²) in [5, 5.41) is 0. The number of halogens is 3. The van der Waals surface area contributed by atoms with Crippen LogP contribution < -0.4 is 0 Å². The first kappa shape index (κ1) is 14.7. The Morgan fingerprint density at radius 1 is 1.29 bits per heavy atom. The highest BCUT2D eigenvalue weighted by molar-refractivity contribution is 7.89. The molecule has 0 aromatic heterocycles. The lowest BCUT2D eigenvalue weighted by Gasteiger charge is -2.28. The second-order valence-corrected chi connectivity index (χ2v) is 5.76. The van der Waals surface area contributed by atoms with Crippen molar-refractivity contribution in [2.24, 2.45) is 0 Å². The molecule has 0 bridgehead atoms. The number of alkyl halides is 3. The molecule has 0 spiro atoms. The van der Waals surface area contributed by atoms with Gasteiger partial charge in [0.1, 0.15) is 0 Å². The molecule has 1 fully saturated rings. The first-order valence-electron chi connectivity index (χ1n) is 5.08. The van der Waals surface area contributed by atoms with Crippen LogP contribution in [-0.2, 0) is 14.8 Å². The molecule has 5 nitrogen and oxygen atoms in total. The predicted molar refractivity (Wildman–Crippen MR) is 54.9 cm³/mol. The van der Waals surface area contributed by atoms with Gasteiger partial charge < -0.3 is 4.74 Å². The van der Waals surface area contributed by atoms with E-state index in [0.29, 0.717) is 30.6 Å². The number of hydrogen-bond acceptors (Lipinski definition) is 4. The first-order chi connectivity index (χ1) is 7.75. The molecular weight excluding hydrogens is 261 g/mol. The summed E-state index contributed by atoms with van der Waals surface area (Å²) in [5.41, 5.74) is -5.23. The van der Waals surface area contributed by atoms with Crippen LogP contribution in [0.4, 0.5) is 13.2 Å². The molecule has 9 heteroatoms. The van der Waals surface area contributed by atoms with Crippen molar-refractivity contribution in [1.29, 1.82) is 0 Å². The average molecular weight is 276 g/mol. The molecule has 1 aliphatic rings. The number of morpholine rings is 1. The molecule has 1 rings (SSSR count). The highest BCUT2D eigenvalue weighted by Crippen LogP contribution is 2.25. The second kappa shape index (κ2) is 5.51. The Hall–Kier alpha value is -0.380. The standard InChI is InChI=1S/C8H15F3N2O3S/c1-12(17(14,15)8(9,10)11)2-3-13-4-6-16-7-5-13/h2-7H2,1H3. The molecule has 1 saturated heterocycles. The van der Waals surface area contributed by atoms with Gasteiger partial charge in [-0.2, -0.15) is 17.5 Å². The van der Waals surface area contributed by atoms with Gasteiger partial charge in [0.05, 0.1) is 13.2 Å². The third-order valence-electron chi connectivity index (χ3n) is 2.54. The number of nitrogens with zero attached hydrogens (tertiary/aromatic N) is 2. The van der Waals surface area contributed by atoms with E-state index in [9.17, 15) is 21.6 Å². The number of ether oxygens (including phenoxy) is 1. The van der Waals surface area contributed by atoms with E-state index in [1.54, 1.807) is 0 Å². The maximum absolute atomic E-state index is 12.2. The van der Waals surface area contributed by atoms with Crippen LogP contribution in [0.5, 0.6) is 0 Å². The van der Waals surface area contributed by atoms with Crippen molar-refractivity contribution in [2.75, 3.05) is 46.4 Å². The van der Waals surface area contributed by atoms with Crippen molar-refractivity contribution >= 4 is 10.0 Å². The fourth-order valence-corrected chi connectivity index (χ4v) is 2.08. The summed E-state index contributed by atoms with van der Waals surface area (Å²) in [6, 6.07) is 0. The molecule has 102 valence electrons. The van der Waals surface area contributed by atoms with E-state index in [1.807, 2.05) is 4.90 Å². The van der Waals surface area contributed by atoms with Gasteiger partial charge in [-0.05, 0) is 0 Å². The van der Waals surface area contributed by atoms with Crippen LogP contribution in [-0.4, -0.2) is 69.6 Å². The van der Waals surface area contributed by atoms with Crippen LogP contribution in [0.15, 0.2) is 0 Å². The lowest BCUT2D eigenvalue weighted by atomic mass is 10.4. The maximum atomic E-state index is 12.2. The fourth-order valence-electron chi connectivity index (χ4n) is 1.40. The molecule has 0 aromatic rings. The molecule has 0 N–H and O–H groups in total. The zero-order valence-electron chi connectivity index (χ0n) is 9.40. The number of likely N-dealkylation sites (N-methyl/N-ethyl adjacent to an activating group) is 1. The third-order valence-corrected chi connectivity index (χ3v) is 4.13. The summed E-state index contributed by atoms with van der Waals surface area (Å²) in [5.74, 6) is 0. The fraction of sp³-hybridized carbons (Fsp3) is 1.00. The summed E-state index contributed by atoms with van der Waals surface area (Å²) >= 11 is 0. The van der Waals surface area contributed by atoms with E-state index in [0.717, 1.165) is 7.05 Å². The number of hydrogen-bond donors (Lipinski definition) is 0. The van der Waals surface area contributed by atoms with Gasteiger partial charge in [-0.25, -0.2) is 8.42 Å². The molecule has 0 atom stereocenters. The van der Waals surface area contributed by atoms with E-state index in [-0.39, 0.29) is 13.1 Å². The van der Waals surface area contributed by atoms with Crippen LogP contribution in [0.25, 0.3) is 0 Å². The predicted octanol–water partition coefficient (Wildman–Crippen LogP) is 0.1000. The van der Waals surface area contributed by atoms with Crippen LogP contribution in [0.3, 0.4) is 0 Å². The summed E-state index contributed by atoms with van der Waals surface area (Å²) in [7, 11) is -4.27. The summed E-state index contributed by atoms with van der Waals surface area (Å²) in [4.78, 5) is 1.87. The molecule has 0 unspecified atom stereocenters. The Morgan fingerprint density at radius 3 is 2.29 bits per heavy atom. The van der Waals surface area contributed by atoms with E-state index in [1.165, 1.54) is 0 Å². The molecular formula is C8H15F3N2O3S. The highest BCUT2D eigenvalue weighted by Gasteiger charge is 2.48. The first-order valence-corrected chi connectivity index (χ1v) is 6.52. The number of rotatable bonds is 4. The van der Waals surface area contributed by atoms with Gasteiger partial charge >= 0.3 is 15.5 Å². The van der Waals surface area contributed by atoms with E-state index in [2.05, 4.69) is 0 Å². The Kier molecular flexibility index (Phi) is 4.76. The van der Waals surface area contributed by atoms with Gasteiger partial charge in [-0.15, -0.1) is 0 Å². The lowest BCUT2D eigenvalue weighted by Crippen LogP contribution is -2.44. The Balaban J connectivity index is 2.46. The molecule has 0 aliphatic carbocycles. The molecule has 0 amide bonds. The van der Waals surface area contributed by atoms with E-state index < -0.39 is 15.5 Å². The van der Waals surface area contributed by atoms with Crippen LogP contribution in [0, 0.1) is 0 Å². The van der Waals surface area contributed by atoms with Crippen LogP contribution >= 0.6 is 0 Å². The minimum Gasteiger partial charge on any atom is -0.379 e. The summed E-state index contributed by atoms with van der Waals surface area (Å²) < 4.78 is 63.9. The third kappa shape index (κ3) is 3.80. The Labute approximate surface area is 98.2 Å². The zero-order valence-corrected chi connectivity index (χ0v) is 10.2. The van der Waals surface area contributed by atoms with Crippen molar-refractivity contribution < 1.29 is 26.3 Å². The van der Waals surface area contributed by atoms with Gasteiger partial charge in [0.2, 0.25) is 0 Å². The summed E-state index contributed by atoms with van der Waals surface area (Å²) in [6.07, 6.45) is 0. The van der Waals surface area contributed by atoms with Gasteiger partial charge in [0, 0.05) is 33.2 Å². The molecule has 1 aliphatic heterocycles. The number of sulfonamides is 1. The van der Waals surface area contributed by atoms with E-state index in [4.69, 9.17) is 4.74 Å². The summed E-state index contributed by atoms with van der Waals surface area (Å²) in [6.45, 7) is 2.36. The van der Waals surface area contributed by atoms with Crippen LogP contribution in [0.1, 0.15) is 0 Å². The molecule has 17 heavy (non-hydrogen) atoms. The quantitative estimate of drug-likeness (QED) is 0.731. The largest absolute Gasteiger partial charge is 0.511 e.